The standard InChI is InChI=1S/C28H31ClN2O5S/c1-4-20(15-19-11-7-6-8-12-19)27(33)31-24-16-22(29)23(17-25(24)32)30-28(34)26(5-2)37(35,36)21-13-9-10-18(3)14-21/h6-14,16-17,20,26,32H,4-5,15H2,1-3H3,(H,30,34)(H,31,33). The number of aromatic hydroxyl groups is 1. The molecule has 37 heavy (non-hydrogen) atoms. The van der Waals surface area contributed by atoms with E-state index in [2.05, 4.69) is 10.6 Å². The van der Waals surface area contributed by atoms with Gasteiger partial charge in [-0.05, 0) is 55.5 Å². The Morgan fingerprint density at radius 3 is 2.19 bits per heavy atom. The minimum absolute atomic E-state index is 0.0383. The molecule has 0 aliphatic heterocycles. The maximum atomic E-state index is 13.1. The van der Waals surface area contributed by atoms with E-state index in [-0.39, 0.29) is 45.3 Å². The zero-order valence-corrected chi connectivity index (χ0v) is 22.6. The van der Waals surface area contributed by atoms with Crippen molar-refractivity contribution in [3.05, 3.63) is 82.9 Å². The number of benzene rings is 3. The lowest BCUT2D eigenvalue weighted by Crippen LogP contribution is -2.34. The van der Waals surface area contributed by atoms with Gasteiger partial charge in [-0.15, -0.1) is 0 Å². The first-order chi connectivity index (χ1) is 17.6. The molecule has 3 aromatic rings. The summed E-state index contributed by atoms with van der Waals surface area (Å²) in [6, 6.07) is 18.5. The van der Waals surface area contributed by atoms with Crippen molar-refractivity contribution in [3.63, 3.8) is 0 Å². The molecule has 0 radical (unpaired) electrons. The summed E-state index contributed by atoms with van der Waals surface area (Å²) < 4.78 is 26.2. The van der Waals surface area contributed by atoms with Crippen LogP contribution in [0, 0.1) is 12.8 Å². The molecule has 0 aliphatic rings. The van der Waals surface area contributed by atoms with Gasteiger partial charge < -0.3 is 15.7 Å². The first-order valence-electron chi connectivity index (χ1n) is 12.1. The zero-order chi connectivity index (χ0) is 27.2. The van der Waals surface area contributed by atoms with Crippen LogP contribution in [0.5, 0.6) is 5.75 Å². The van der Waals surface area contributed by atoms with Crippen LogP contribution < -0.4 is 10.6 Å². The molecule has 7 nitrogen and oxygen atoms in total. The lowest BCUT2D eigenvalue weighted by atomic mass is 9.96. The largest absolute Gasteiger partial charge is 0.506 e. The molecule has 0 saturated heterocycles. The van der Waals surface area contributed by atoms with Crippen molar-refractivity contribution in [2.24, 2.45) is 5.92 Å². The highest BCUT2D eigenvalue weighted by Crippen LogP contribution is 2.35. The SMILES string of the molecule is CCC(Cc1ccccc1)C(=O)Nc1cc(Cl)c(NC(=O)C(CC)S(=O)(=O)c2cccc(C)c2)cc1O. The van der Waals surface area contributed by atoms with Gasteiger partial charge in [0.25, 0.3) is 0 Å². The van der Waals surface area contributed by atoms with E-state index >= 15 is 0 Å². The molecule has 196 valence electrons. The monoisotopic (exact) mass is 542 g/mol. The number of amides is 2. The number of hydrogen-bond donors (Lipinski definition) is 3. The van der Waals surface area contributed by atoms with E-state index in [9.17, 15) is 23.1 Å². The average molecular weight is 543 g/mol. The third kappa shape index (κ3) is 6.90. The van der Waals surface area contributed by atoms with Crippen LogP contribution >= 0.6 is 11.6 Å². The topological polar surface area (TPSA) is 113 Å². The van der Waals surface area contributed by atoms with Crippen molar-refractivity contribution in [1.82, 2.24) is 0 Å². The molecule has 0 aliphatic carbocycles. The fraction of sp³-hybridized carbons (Fsp3) is 0.286. The Hall–Kier alpha value is -3.36. The second kappa shape index (κ2) is 12.3. The highest BCUT2D eigenvalue weighted by atomic mass is 35.5. The number of halogens is 1. The molecular formula is C28H31ClN2O5S. The number of carbonyl (C=O) groups is 2. The highest BCUT2D eigenvalue weighted by Gasteiger charge is 2.33. The Bertz CT molecular complexity index is 1380. The molecule has 2 atom stereocenters. The van der Waals surface area contributed by atoms with E-state index in [4.69, 9.17) is 11.6 Å². The van der Waals surface area contributed by atoms with Crippen LogP contribution in [-0.4, -0.2) is 30.6 Å². The van der Waals surface area contributed by atoms with E-state index in [0.717, 1.165) is 11.1 Å². The number of carbonyl (C=O) groups excluding carboxylic acids is 2. The Balaban J connectivity index is 1.76. The summed E-state index contributed by atoms with van der Waals surface area (Å²) in [5.41, 5.74) is 1.92. The minimum Gasteiger partial charge on any atom is -0.506 e. The van der Waals surface area contributed by atoms with E-state index in [0.29, 0.717) is 12.8 Å². The van der Waals surface area contributed by atoms with Gasteiger partial charge in [-0.25, -0.2) is 8.42 Å². The number of anilines is 2. The first-order valence-corrected chi connectivity index (χ1v) is 14.0. The van der Waals surface area contributed by atoms with Crippen molar-refractivity contribution in [2.45, 2.75) is 50.2 Å². The van der Waals surface area contributed by atoms with Gasteiger partial charge in [0.05, 0.1) is 21.3 Å². The van der Waals surface area contributed by atoms with E-state index < -0.39 is 21.0 Å². The van der Waals surface area contributed by atoms with Crippen molar-refractivity contribution >= 4 is 44.6 Å². The number of phenolic OH excluding ortho intramolecular Hbond substituents is 1. The second-order valence-corrected chi connectivity index (χ2v) is 11.4. The smallest absolute Gasteiger partial charge is 0.243 e. The maximum Gasteiger partial charge on any atom is 0.243 e. The normalized spacial score (nSPS) is 13.0. The van der Waals surface area contributed by atoms with E-state index in [1.807, 2.05) is 37.3 Å². The number of hydrogen-bond acceptors (Lipinski definition) is 5. The van der Waals surface area contributed by atoms with Crippen LogP contribution in [0.4, 0.5) is 11.4 Å². The van der Waals surface area contributed by atoms with Gasteiger partial charge in [0.15, 0.2) is 9.84 Å². The number of sulfone groups is 1. The van der Waals surface area contributed by atoms with Crippen molar-refractivity contribution in [1.29, 1.82) is 0 Å². The molecule has 0 saturated carbocycles. The average Bonchev–Trinajstić information content (AvgIpc) is 2.86. The minimum atomic E-state index is -3.95. The van der Waals surface area contributed by atoms with Gasteiger partial charge in [0, 0.05) is 12.0 Å². The van der Waals surface area contributed by atoms with Crippen molar-refractivity contribution in [3.8, 4) is 5.75 Å². The summed E-state index contributed by atoms with van der Waals surface area (Å²) in [5, 5.41) is 14.5. The third-order valence-corrected chi connectivity index (χ3v) is 8.67. The van der Waals surface area contributed by atoms with Gasteiger partial charge in [-0.3, -0.25) is 9.59 Å². The van der Waals surface area contributed by atoms with Crippen LogP contribution in [0.1, 0.15) is 37.8 Å². The fourth-order valence-corrected chi connectivity index (χ4v) is 5.97. The quantitative estimate of drug-likeness (QED) is 0.282. The first kappa shape index (κ1) is 28.2. The lowest BCUT2D eigenvalue weighted by Gasteiger charge is -2.19. The number of aryl methyl sites for hydroxylation is 1. The Kier molecular flexibility index (Phi) is 9.34. The summed E-state index contributed by atoms with van der Waals surface area (Å²) in [4.78, 5) is 25.9. The summed E-state index contributed by atoms with van der Waals surface area (Å²) in [6.45, 7) is 5.29. The number of nitrogens with one attached hydrogen (secondary N) is 2. The Morgan fingerprint density at radius 2 is 1.57 bits per heavy atom. The molecule has 0 spiro atoms. The van der Waals surface area contributed by atoms with E-state index in [1.165, 1.54) is 24.3 Å². The van der Waals surface area contributed by atoms with Gasteiger partial charge in [0.2, 0.25) is 11.8 Å². The molecular weight excluding hydrogens is 512 g/mol. The summed E-state index contributed by atoms with van der Waals surface area (Å²) in [6.07, 6.45) is 1.18. The van der Waals surface area contributed by atoms with Crippen LogP contribution in [0.25, 0.3) is 0 Å². The Morgan fingerprint density at radius 1 is 0.892 bits per heavy atom. The molecule has 0 bridgehead atoms. The predicted octanol–water partition coefficient (Wildman–Crippen LogP) is 5.75. The van der Waals surface area contributed by atoms with Gasteiger partial charge in [-0.1, -0.05) is 67.9 Å². The van der Waals surface area contributed by atoms with Crippen LogP contribution in [-0.2, 0) is 25.8 Å². The molecule has 3 aromatic carbocycles. The van der Waals surface area contributed by atoms with Crippen molar-refractivity contribution < 1.29 is 23.1 Å². The number of rotatable bonds is 10. The molecule has 9 heteroatoms. The van der Waals surface area contributed by atoms with Crippen LogP contribution in [0.3, 0.4) is 0 Å². The Labute approximate surface area is 222 Å². The summed E-state index contributed by atoms with van der Waals surface area (Å²) in [7, 11) is -3.95. The summed E-state index contributed by atoms with van der Waals surface area (Å²) in [5.74, 6) is -1.67. The molecule has 2 amide bonds. The predicted molar refractivity (Wildman–Crippen MR) is 147 cm³/mol. The molecule has 2 unspecified atom stereocenters. The molecule has 0 fully saturated rings. The number of phenols is 1. The van der Waals surface area contributed by atoms with Crippen LogP contribution in [0.15, 0.2) is 71.6 Å². The maximum absolute atomic E-state index is 13.1. The molecule has 3 rings (SSSR count). The molecule has 0 heterocycles. The van der Waals surface area contributed by atoms with E-state index in [1.54, 1.807) is 26.0 Å². The fourth-order valence-electron chi connectivity index (χ4n) is 4.03. The summed E-state index contributed by atoms with van der Waals surface area (Å²) >= 11 is 6.35. The van der Waals surface area contributed by atoms with Crippen LogP contribution in [0.2, 0.25) is 5.02 Å². The van der Waals surface area contributed by atoms with Crippen molar-refractivity contribution in [2.75, 3.05) is 10.6 Å². The second-order valence-electron chi connectivity index (χ2n) is 8.88. The van der Waals surface area contributed by atoms with Gasteiger partial charge in [0.1, 0.15) is 11.0 Å². The lowest BCUT2D eigenvalue weighted by molar-refractivity contribution is -0.120. The third-order valence-electron chi connectivity index (χ3n) is 6.15. The highest BCUT2D eigenvalue weighted by molar-refractivity contribution is 7.92. The molecule has 3 N–H and O–H groups in total. The van der Waals surface area contributed by atoms with Gasteiger partial charge >= 0.3 is 0 Å². The molecule has 0 aromatic heterocycles. The zero-order valence-electron chi connectivity index (χ0n) is 21.0. The van der Waals surface area contributed by atoms with Gasteiger partial charge in [-0.2, -0.15) is 0 Å².